The second kappa shape index (κ2) is 7.51. The van der Waals surface area contributed by atoms with Gasteiger partial charge in [-0.05, 0) is 53.7 Å². The third-order valence-corrected chi connectivity index (χ3v) is 3.07. The molecule has 2 aromatic rings. The highest BCUT2D eigenvalue weighted by atomic mass is 16.5. The van der Waals surface area contributed by atoms with Crippen molar-refractivity contribution in [3.8, 4) is 5.75 Å². The van der Waals surface area contributed by atoms with E-state index in [0.29, 0.717) is 28.8 Å². The summed E-state index contributed by atoms with van der Waals surface area (Å²) in [6.07, 6.45) is 0.0157. The van der Waals surface area contributed by atoms with Crippen LogP contribution in [0.1, 0.15) is 50.9 Å². The summed E-state index contributed by atoms with van der Waals surface area (Å²) in [5, 5.41) is 6.13. The number of hydrogen-bond donors (Lipinski definition) is 2. The fraction of sp³-hybridized carbons (Fsp3) is 0.421. The van der Waals surface area contributed by atoms with Crippen LogP contribution >= 0.6 is 0 Å². The Morgan fingerprint density at radius 2 is 1.84 bits per heavy atom. The van der Waals surface area contributed by atoms with Crippen LogP contribution in [0.3, 0.4) is 0 Å². The number of benzene rings is 1. The predicted molar refractivity (Wildman–Crippen MR) is 100 cm³/mol. The maximum absolute atomic E-state index is 12.6. The smallest absolute Gasteiger partial charge is 0.274 e. The van der Waals surface area contributed by atoms with Crippen LogP contribution in [0.15, 0.2) is 30.3 Å². The first kappa shape index (κ1) is 18.7. The van der Waals surface area contributed by atoms with Gasteiger partial charge in [0.1, 0.15) is 23.1 Å². The first-order valence-corrected chi connectivity index (χ1v) is 8.35. The molecule has 0 fully saturated rings. The van der Waals surface area contributed by atoms with E-state index in [1.807, 2.05) is 52.8 Å². The van der Waals surface area contributed by atoms with Crippen LogP contribution in [0.4, 0.5) is 11.5 Å². The number of anilines is 2. The van der Waals surface area contributed by atoms with Crippen LogP contribution in [-0.4, -0.2) is 27.5 Å². The van der Waals surface area contributed by atoms with Crippen molar-refractivity contribution in [3.05, 3.63) is 41.9 Å². The van der Waals surface area contributed by atoms with Gasteiger partial charge in [-0.25, -0.2) is 9.97 Å². The van der Waals surface area contributed by atoms with Crippen molar-refractivity contribution in [3.63, 3.8) is 0 Å². The standard InChI is InChI=1S/C19H26N4O2/c1-12(2)25-16-10-8-7-9-14(16)22-18(24)15-11-17(21-13(3)20-15)23-19(4,5)6/h7-12H,1-6H3,(H,22,24)(H,20,21,23). The molecule has 0 aliphatic rings. The minimum atomic E-state index is -0.303. The van der Waals surface area contributed by atoms with Gasteiger partial charge in [0.2, 0.25) is 0 Å². The lowest BCUT2D eigenvalue weighted by Gasteiger charge is -2.21. The maximum atomic E-state index is 12.6. The number of amides is 1. The lowest BCUT2D eigenvalue weighted by Crippen LogP contribution is -2.27. The quantitative estimate of drug-likeness (QED) is 0.858. The molecule has 1 aromatic carbocycles. The molecule has 0 aliphatic carbocycles. The Hall–Kier alpha value is -2.63. The summed E-state index contributed by atoms with van der Waals surface area (Å²) >= 11 is 0. The molecule has 2 rings (SSSR count). The summed E-state index contributed by atoms with van der Waals surface area (Å²) in [6.45, 7) is 11.7. The number of carbonyl (C=O) groups is 1. The second-order valence-electron chi connectivity index (χ2n) is 7.18. The highest BCUT2D eigenvalue weighted by molar-refractivity contribution is 6.04. The number of aryl methyl sites for hydroxylation is 1. The molecule has 1 heterocycles. The SMILES string of the molecule is Cc1nc(NC(C)(C)C)cc(C(=O)Nc2ccccc2OC(C)C)n1. The maximum Gasteiger partial charge on any atom is 0.274 e. The Balaban J connectivity index is 2.24. The number of nitrogens with zero attached hydrogens (tertiary/aromatic N) is 2. The van der Waals surface area contributed by atoms with Gasteiger partial charge >= 0.3 is 0 Å². The first-order chi connectivity index (χ1) is 11.6. The largest absolute Gasteiger partial charge is 0.489 e. The zero-order chi connectivity index (χ0) is 18.6. The van der Waals surface area contributed by atoms with E-state index in [2.05, 4.69) is 20.6 Å². The van der Waals surface area contributed by atoms with Crippen LogP contribution in [0, 0.1) is 6.92 Å². The average molecular weight is 342 g/mol. The zero-order valence-electron chi connectivity index (χ0n) is 15.7. The van der Waals surface area contributed by atoms with Crippen LogP contribution < -0.4 is 15.4 Å². The van der Waals surface area contributed by atoms with Crippen LogP contribution in [0.2, 0.25) is 0 Å². The molecule has 0 unspecified atom stereocenters. The summed E-state index contributed by atoms with van der Waals surface area (Å²) in [6, 6.07) is 9.00. The molecule has 0 atom stereocenters. The molecule has 6 nitrogen and oxygen atoms in total. The molecule has 2 N–H and O–H groups in total. The molecule has 0 bridgehead atoms. The average Bonchev–Trinajstić information content (AvgIpc) is 2.46. The molecule has 0 saturated heterocycles. The van der Waals surface area contributed by atoms with E-state index in [1.54, 1.807) is 19.1 Å². The Morgan fingerprint density at radius 1 is 1.16 bits per heavy atom. The summed E-state index contributed by atoms with van der Waals surface area (Å²) in [4.78, 5) is 21.2. The van der Waals surface area contributed by atoms with Crippen LogP contribution in [-0.2, 0) is 0 Å². The zero-order valence-corrected chi connectivity index (χ0v) is 15.7. The van der Waals surface area contributed by atoms with Gasteiger partial charge in [-0.1, -0.05) is 12.1 Å². The van der Waals surface area contributed by atoms with E-state index < -0.39 is 0 Å². The van der Waals surface area contributed by atoms with Gasteiger partial charge in [-0.3, -0.25) is 4.79 Å². The summed E-state index contributed by atoms with van der Waals surface area (Å²) in [5.74, 6) is 1.48. The molecule has 0 saturated carbocycles. The Bertz CT molecular complexity index is 751. The Kier molecular flexibility index (Phi) is 5.62. The van der Waals surface area contributed by atoms with Gasteiger partial charge in [-0.2, -0.15) is 0 Å². The monoisotopic (exact) mass is 342 g/mol. The minimum absolute atomic E-state index is 0.0157. The third-order valence-electron chi connectivity index (χ3n) is 3.07. The van der Waals surface area contributed by atoms with Crippen molar-refractivity contribution in [1.29, 1.82) is 0 Å². The fourth-order valence-corrected chi connectivity index (χ4v) is 2.25. The number of ether oxygens (including phenoxy) is 1. The van der Waals surface area contributed by atoms with Crippen molar-refractivity contribution in [2.45, 2.75) is 53.2 Å². The number of carbonyl (C=O) groups excluding carboxylic acids is 1. The van der Waals surface area contributed by atoms with Crippen molar-refractivity contribution in [1.82, 2.24) is 9.97 Å². The molecule has 1 aromatic heterocycles. The second-order valence-corrected chi connectivity index (χ2v) is 7.18. The van der Waals surface area contributed by atoms with Crippen molar-refractivity contribution in [2.75, 3.05) is 10.6 Å². The number of hydrogen-bond acceptors (Lipinski definition) is 5. The predicted octanol–water partition coefficient (Wildman–Crippen LogP) is 4.03. The highest BCUT2D eigenvalue weighted by Crippen LogP contribution is 2.25. The topological polar surface area (TPSA) is 76.1 Å². The van der Waals surface area contributed by atoms with Crippen molar-refractivity contribution < 1.29 is 9.53 Å². The van der Waals surface area contributed by atoms with Gasteiger partial charge in [0.15, 0.2) is 0 Å². The van der Waals surface area contributed by atoms with Gasteiger partial charge < -0.3 is 15.4 Å². The third kappa shape index (κ3) is 5.74. The summed E-state index contributed by atoms with van der Waals surface area (Å²) in [7, 11) is 0. The van der Waals surface area contributed by atoms with Crippen molar-refractivity contribution in [2.24, 2.45) is 0 Å². The number of nitrogens with one attached hydrogen (secondary N) is 2. The van der Waals surface area contributed by atoms with Crippen LogP contribution in [0.5, 0.6) is 5.75 Å². The van der Waals surface area contributed by atoms with E-state index in [9.17, 15) is 4.79 Å². The molecular formula is C19H26N4O2. The fourth-order valence-electron chi connectivity index (χ4n) is 2.25. The number of rotatable bonds is 5. The summed E-state index contributed by atoms with van der Waals surface area (Å²) < 4.78 is 5.74. The summed E-state index contributed by atoms with van der Waals surface area (Å²) in [5.41, 5.74) is 0.757. The van der Waals surface area contributed by atoms with E-state index in [0.717, 1.165) is 0 Å². The van der Waals surface area contributed by atoms with Gasteiger partial charge in [0, 0.05) is 11.6 Å². The molecule has 0 spiro atoms. The normalized spacial score (nSPS) is 11.3. The molecule has 25 heavy (non-hydrogen) atoms. The lowest BCUT2D eigenvalue weighted by atomic mass is 10.1. The van der Waals surface area contributed by atoms with E-state index >= 15 is 0 Å². The van der Waals surface area contributed by atoms with Gasteiger partial charge in [0.25, 0.3) is 5.91 Å². The van der Waals surface area contributed by atoms with Gasteiger partial charge in [0.05, 0.1) is 11.8 Å². The molecule has 134 valence electrons. The minimum Gasteiger partial charge on any atom is -0.489 e. The Labute approximate surface area is 149 Å². The Morgan fingerprint density at radius 3 is 2.48 bits per heavy atom. The van der Waals surface area contributed by atoms with Crippen molar-refractivity contribution >= 4 is 17.4 Å². The highest BCUT2D eigenvalue weighted by Gasteiger charge is 2.16. The molecule has 6 heteroatoms. The molecule has 0 aliphatic heterocycles. The van der Waals surface area contributed by atoms with E-state index in [-0.39, 0.29) is 17.6 Å². The van der Waals surface area contributed by atoms with Gasteiger partial charge in [-0.15, -0.1) is 0 Å². The number of para-hydroxylation sites is 2. The lowest BCUT2D eigenvalue weighted by molar-refractivity contribution is 0.102. The van der Waals surface area contributed by atoms with E-state index in [1.165, 1.54) is 0 Å². The first-order valence-electron chi connectivity index (χ1n) is 8.35. The number of aromatic nitrogens is 2. The van der Waals surface area contributed by atoms with E-state index in [4.69, 9.17) is 4.74 Å². The molecule has 0 radical (unpaired) electrons. The van der Waals surface area contributed by atoms with Crippen LogP contribution in [0.25, 0.3) is 0 Å². The molecular weight excluding hydrogens is 316 g/mol. The molecule has 1 amide bonds.